The zero-order valence-corrected chi connectivity index (χ0v) is 25.8. The number of pyridine rings is 1. The SMILES string of the molecule is CC(C)(C)c1ccc(Oc2ccc3cc(C(=O)NC(CCC(=O)O)c4cccc(Cl)c4)nc(CC4CCCC4)c3c2)cc1. The number of carbonyl (C=O) groups excluding carboxylic acids is 1. The lowest BCUT2D eigenvalue weighted by atomic mass is 9.87. The minimum atomic E-state index is -0.924. The van der Waals surface area contributed by atoms with Gasteiger partial charge in [0.1, 0.15) is 17.2 Å². The van der Waals surface area contributed by atoms with Gasteiger partial charge in [0.15, 0.2) is 0 Å². The highest BCUT2D eigenvalue weighted by atomic mass is 35.5. The molecule has 0 spiro atoms. The summed E-state index contributed by atoms with van der Waals surface area (Å²) in [4.78, 5) is 29.9. The first kappa shape index (κ1) is 30.6. The topological polar surface area (TPSA) is 88.5 Å². The average Bonchev–Trinajstić information content (AvgIpc) is 3.48. The molecule has 224 valence electrons. The number of benzene rings is 3. The largest absolute Gasteiger partial charge is 0.481 e. The van der Waals surface area contributed by atoms with Crippen LogP contribution in [-0.4, -0.2) is 22.0 Å². The molecule has 1 aromatic heterocycles. The lowest BCUT2D eigenvalue weighted by Crippen LogP contribution is -2.30. The summed E-state index contributed by atoms with van der Waals surface area (Å²) in [6, 6.07) is 22.5. The van der Waals surface area contributed by atoms with E-state index < -0.39 is 12.0 Å². The summed E-state index contributed by atoms with van der Waals surface area (Å²) < 4.78 is 6.25. The zero-order valence-electron chi connectivity index (χ0n) is 25.0. The summed E-state index contributed by atoms with van der Waals surface area (Å²) in [7, 11) is 0. The van der Waals surface area contributed by atoms with Crippen LogP contribution in [0.5, 0.6) is 11.5 Å². The van der Waals surface area contributed by atoms with Gasteiger partial charge in [-0.25, -0.2) is 4.98 Å². The summed E-state index contributed by atoms with van der Waals surface area (Å²) in [5, 5.41) is 14.7. The molecule has 1 aliphatic rings. The first-order valence-electron chi connectivity index (χ1n) is 15.1. The Morgan fingerprint density at radius 3 is 2.40 bits per heavy atom. The molecule has 1 atom stereocenters. The highest BCUT2D eigenvalue weighted by molar-refractivity contribution is 6.30. The molecule has 43 heavy (non-hydrogen) atoms. The van der Waals surface area contributed by atoms with Gasteiger partial charge >= 0.3 is 5.97 Å². The van der Waals surface area contributed by atoms with Crippen molar-refractivity contribution in [3.8, 4) is 11.5 Å². The molecule has 1 amide bonds. The Balaban J connectivity index is 1.44. The lowest BCUT2D eigenvalue weighted by Gasteiger charge is -2.20. The van der Waals surface area contributed by atoms with E-state index in [1.807, 2.05) is 36.4 Å². The van der Waals surface area contributed by atoms with Crippen LogP contribution < -0.4 is 10.1 Å². The van der Waals surface area contributed by atoms with Crippen LogP contribution in [0.4, 0.5) is 0 Å². The van der Waals surface area contributed by atoms with E-state index in [2.05, 4.69) is 38.2 Å². The van der Waals surface area contributed by atoms with Crippen molar-refractivity contribution in [2.24, 2.45) is 5.92 Å². The number of aromatic nitrogens is 1. The molecule has 7 heteroatoms. The number of carbonyl (C=O) groups is 2. The molecule has 1 unspecified atom stereocenters. The van der Waals surface area contributed by atoms with E-state index in [4.69, 9.17) is 21.3 Å². The van der Waals surface area contributed by atoms with Gasteiger partial charge in [0, 0.05) is 22.5 Å². The number of fused-ring (bicyclic) bond motifs is 1. The molecule has 1 fully saturated rings. The van der Waals surface area contributed by atoms with Crippen molar-refractivity contribution in [3.05, 3.63) is 100 Å². The van der Waals surface area contributed by atoms with E-state index in [0.717, 1.165) is 52.8 Å². The number of nitrogens with zero attached hydrogens (tertiary/aromatic N) is 1. The number of carboxylic acids is 1. The lowest BCUT2D eigenvalue weighted by molar-refractivity contribution is -0.137. The molecule has 5 rings (SSSR count). The highest BCUT2D eigenvalue weighted by Gasteiger charge is 2.22. The fourth-order valence-corrected chi connectivity index (χ4v) is 6.02. The van der Waals surface area contributed by atoms with Crippen molar-refractivity contribution in [2.45, 2.75) is 77.2 Å². The molecular formula is C36H39ClN2O4. The summed E-state index contributed by atoms with van der Waals surface area (Å²) in [6.45, 7) is 6.56. The molecular weight excluding hydrogens is 560 g/mol. The Labute approximate surface area is 258 Å². The molecule has 4 aromatic rings. The first-order chi connectivity index (χ1) is 20.5. The maximum Gasteiger partial charge on any atom is 0.303 e. The van der Waals surface area contributed by atoms with Crippen LogP contribution in [0.25, 0.3) is 10.8 Å². The van der Waals surface area contributed by atoms with Crippen molar-refractivity contribution in [2.75, 3.05) is 0 Å². The van der Waals surface area contributed by atoms with Crippen LogP contribution in [0.1, 0.15) is 92.6 Å². The van der Waals surface area contributed by atoms with Gasteiger partial charge in [-0.15, -0.1) is 0 Å². The van der Waals surface area contributed by atoms with E-state index in [-0.39, 0.29) is 24.2 Å². The minimum Gasteiger partial charge on any atom is -0.481 e. The van der Waals surface area contributed by atoms with Crippen molar-refractivity contribution >= 4 is 34.2 Å². The van der Waals surface area contributed by atoms with Gasteiger partial charge in [-0.3, -0.25) is 9.59 Å². The summed E-state index contributed by atoms with van der Waals surface area (Å²) >= 11 is 6.21. The Morgan fingerprint density at radius 1 is 1.00 bits per heavy atom. The van der Waals surface area contributed by atoms with Gasteiger partial charge in [0.25, 0.3) is 5.91 Å². The molecule has 3 aromatic carbocycles. The number of nitrogens with one attached hydrogen (secondary N) is 1. The van der Waals surface area contributed by atoms with Crippen LogP contribution >= 0.6 is 11.6 Å². The third-order valence-corrected chi connectivity index (χ3v) is 8.47. The van der Waals surface area contributed by atoms with E-state index in [9.17, 15) is 14.7 Å². The van der Waals surface area contributed by atoms with Gasteiger partial charge in [0.2, 0.25) is 0 Å². The predicted molar refractivity (Wildman–Crippen MR) is 171 cm³/mol. The third kappa shape index (κ3) is 7.94. The van der Waals surface area contributed by atoms with E-state index >= 15 is 0 Å². The predicted octanol–water partition coefficient (Wildman–Crippen LogP) is 9.05. The van der Waals surface area contributed by atoms with Crippen molar-refractivity contribution in [1.82, 2.24) is 10.3 Å². The number of carboxylic acid groups (broad SMARTS) is 1. The number of aliphatic carboxylic acids is 1. The molecule has 0 radical (unpaired) electrons. The average molecular weight is 599 g/mol. The molecule has 0 saturated heterocycles. The van der Waals surface area contributed by atoms with Crippen molar-refractivity contribution < 1.29 is 19.4 Å². The molecule has 6 nitrogen and oxygen atoms in total. The summed E-state index contributed by atoms with van der Waals surface area (Å²) in [5.41, 5.74) is 3.26. The van der Waals surface area contributed by atoms with Gasteiger partial charge in [0.05, 0.1) is 6.04 Å². The second kappa shape index (κ2) is 13.2. The maximum atomic E-state index is 13.6. The number of hydrogen-bond donors (Lipinski definition) is 2. The van der Waals surface area contributed by atoms with Crippen LogP contribution in [0.2, 0.25) is 5.02 Å². The monoisotopic (exact) mass is 598 g/mol. The molecule has 0 bridgehead atoms. The Morgan fingerprint density at radius 2 is 1.72 bits per heavy atom. The fraction of sp³-hybridized carbons (Fsp3) is 0.361. The number of halogens is 1. The fourth-order valence-electron chi connectivity index (χ4n) is 5.82. The molecule has 2 N–H and O–H groups in total. The van der Waals surface area contributed by atoms with Crippen molar-refractivity contribution in [1.29, 1.82) is 0 Å². The molecule has 1 heterocycles. The quantitative estimate of drug-likeness (QED) is 0.190. The smallest absolute Gasteiger partial charge is 0.303 e. The Bertz CT molecular complexity index is 1600. The van der Waals surface area contributed by atoms with Gasteiger partial charge < -0.3 is 15.2 Å². The van der Waals surface area contributed by atoms with Gasteiger partial charge in [-0.1, -0.05) is 88.4 Å². The summed E-state index contributed by atoms with van der Waals surface area (Å²) in [5.74, 6) is 0.745. The Kier molecular flexibility index (Phi) is 9.36. The van der Waals surface area contributed by atoms with Crippen LogP contribution in [0, 0.1) is 5.92 Å². The van der Waals surface area contributed by atoms with Crippen LogP contribution in [0.3, 0.4) is 0 Å². The normalized spacial score (nSPS) is 14.5. The molecule has 0 aliphatic heterocycles. The number of ether oxygens (including phenoxy) is 1. The third-order valence-electron chi connectivity index (χ3n) is 8.23. The van der Waals surface area contributed by atoms with Crippen LogP contribution in [0.15, 0.2) is 72.8 Å². The zero-order chi connectivity index (χ0) is 30.6. The number of rotatable bonds is 10. The standard InChI is InChI=1S/C36H39ClN2O4/c1-36(2,3)26-12-15-28(16-13-26)43-29-14-11-24-21-33(38-32(30(24)22-29)19-23-7-4-5-8-23)35(42)39-31(17-18-34(40)41)25-9-6-10-27(37)20-25/h6,9-16,20-23,31H,4-5,7-8,17-19H2,1-3H3,(H,39,42)(H,40,41). The van der Waals surface area contributed by atoms with Crippen molar-refractivity contribution in [3.63, 3.8) is 0 Å². The number of amides is 1. The second-order valence-electron chi connectivity index (χ2n) is 12.6. The molecule has 1 aliphatic carbocycles. The second-order valence-corrected chi connectivity index (χ2v) is 13.0. The van der Waals surface area contributed by atoms with E-state index in [0.29, 0.717) is 16.6 Å². The Hall–Kier alpha value is -3.90. The van der Waals surface area contributed by atoms with E-state index in [1.165, 1.54) is 18.4 Å². The summed E-state index contributed by atoms with van der Waals surface area (Å²) in [6.07, 6.45) is 5.68. The van der Waals surface area contributed by atoms with E-state index in [1.54, 1.807) is 24.3 Å². The maximum absolute atomic E-state index is 13.6. The highest BCUT2D eigenvalue weighted by Crippen LogP contribution is 2.34. The number of hydrogen-bond acceptors (Lipinski definition) is 4. The van der Waals surface area contributed by atoms with Gasteiger partial charge in [-0.05, 0) is 83.2 Å². The van der Waals surface area contributed by atoms with Crippen LogP contribution in [-0.2, 0) is 16.6 Å². The molecule has 1 saturated carbocycles. The minimum absolute atomic E-state index is 0.0662. The van der Waals surface area contributed by atoms with Gasteiger partial charge in [-0.2, -0.15) is 0 Å². The first-order valence-corrected chi connectivity index (χ1v) is 15.4.